The van der Waals surface area contributed by atoms with Gasteiger partial charge in [0.05, 0.1) is 36.9 Å². The van der Waals surface area contributed by atoms with Gasteiger partial charge in [0.25, 0.3) is 0 Å². The van der Waals surface area contributed by atoms with Gasteiger partial charge in [-0.2, -0.15) is 0 Å². The summed E-state index contributed by atoms with van der Waals surface area (Å²) in [7, 11) is 3.16. The topological polar surface area (TPSA) is 84.9 Å². The first-order chi connectivity index (χ1) is 15.9. The number of aryl methyl sites for hydroxylation is 1. The Kier molecular flexibility index (Phi) is 6.21. The van der Waals surface area contributed by atoms with E-state index >= 15 is 0 Å². The van der Waals surface area contributed by atoms with Crippen molar-refractivity contribution in [3.05, 3.63) is 65.6 Å². The van der Waals surface area contributed by atoms with Crippen LogP contribution in [0.15, 0.2) is 48.7 Å². The van der Waals surface area contributed by atoms with Crippen molar-refractivity contribution in [1.82, 2.24) is 14.9 Å². The highest BCUT2D eigenvalue weighted by atomic mass is 19.1. The second-order valence-corrected chi connectivity index (χ2v) is 7.72. The van der Waals surface area contributed by atoms with E-state index < -0.39 is 18.0 Å². The van der Waals surface area contributed by atoms with Gasteiger partial charge in [0.15, 0.2) is 0 Å². The van der Waals surface area contributed by atoms with E-state index in [4.69, 9.17) is 9.47 Å². The maximum Gasteiger partial charge on any atom is 0.414 e. The SMILES string of the molecule is COc1ccc2nccc(/C=C/C(=O)N(C)C[C@@H]3CN(c4ccc(C)c(F)c4)C(=O)O3)c2n1. The minimum Gasteiger partial charge on any atom is -0.481 e. The summed E-state index contributed by atoms with van der Waals surface area (Å²) in [6, 6.07) is 9.86. The van der Waals surface area contributed by atoms with Crippen molar-refractivity contribution in [3.63, 3.8) is 0 Å². The highest BCUT2D eigenvalue weighted by molar-refractivity contribution is 5.95. The predicted molar refractivity (Wildman–Crippen MR) is 122 cm³/mol. The number of rotatable bonds is 6. The van der Waals surface area contributed by atoms with E-state index in [-0.39, 0.29) is 19.0 Å². The summed E-state index contributed by atoms with van der Waals surface area (Å²) in [5.74, 6) is -0.203. The fourth-order valence-corrected chi connectivity index (χ4v) is 3.54. The molecule has 2 amide bonds. The second kappa shape index (κ2) is 9.23. The highest BCUT2D eigenvalue weighted by Crippen LogP contribution is 2.24. The zero-order valence-electron chi connectivity index (χ0n) is 18.5. The Bertz CT molecular complexity index is 1250. The van der Waals surface area contributed by atoms with Crippen LogP contribution in [0.25, 0.3) is 17.1 Å². The minimum atomic E-state index is -0.567. The van der Waals surface area contributed by atoms with Crippen molar-refractivity contribution < 1.29 is 23.5 Å². The largest absolute Gasteiger partial charge is 0.481 e. The molecule has 8 nitrogen and oxygen atoms in total. The van der Waals surface area contributed by atoms with E-state index in [0.717, 1.165) is 5.56 Å². The Morgan fingerprint density at radius 3 is 2.91 bits per heavy atom. The third-order valence-corrected chi connectivity index (χ3v) is 5.40. The first-order valence-electron chi connectivity index (χ1n) is 10.3. The number of methoxy groups -OCH3 is 1. The quantitative estimate of drug-likeness (QED) is 0.534. The summed E-state index contributed by atoms with van der Waals surface area (Å²) in [6.07, 6.45) is 3.64. The number of amides is 2. The molecule has 0 radical (unpaired) electrons. The second-order valence-electron chi connectivity index (χ2n) is 7.72. The number of hydrogen-bond donors (Lipinski definition) is 0. The van der Waals surface area contributed by atoms with Gasteiger partial charge >= 0.3 is 6.09 Å². The molecule has 4 rings (SSSR count). The van der Waals surface area contributed by atoms with Gasteiger partial charge in [-0.25, -0.2) is 14.2 Å². The van der Waals surface area contributed by atoms with Crippen LogP contribution in [0.1, 0.15) is 11.1 Å². The van der Waals surface area contributed by atoms with Gasteiger partial charge in [0.1, 0.15) is 11.9 Å². The van der Waals surface area contributed by atoms with E-state index in [1.807, 2.05) is 0 Å². The number of benzene rings is 1. The lowest BCUT2D eigenvalue weighted by Gasteiger charge is -2.18. The van der Waals surface area contributed by atoms with Crippen LogP contribution in [0.4, 0.5) is 14.9 Å². The summed E-state index contributed by atoms with van der Waals surface area (Å²) in [5.41, 5.74) is 2.95. The molecule has 0 spiro atoms. The van der Waals surface area contributed by atoms with Crippen LogP contribution >= 0.6 is 0 Å². The number of carbonyl (C=O) groups excluding carboxylic acids is 2. The number of carbonyl (C=O) groups is 2. The standard InChI is InChI=1S/C24H23FN4O4/c1-15-4-6-17(12-19(15)25)29-14-18(33-24(29)31)13-28(2)22(30)9-5-16-10-11-26-20-7-8-21(32-3)27-23(16)20/h4-12,18H,13-14H2,1-3H3/b9-5+/t18-/m1/s1. The van der Waals surface area contributed by atoms with E-state index in [1.165, 1.54) is 29.1 Å². The lowest BCUT2D eigenvalue weighted by molar-refractivity contribution is -0.125. The molecule has 33 heavy (non-hydrogen) atoms. The monoisotopic (exact) mass is 450 g/mol. The van der Waals surface area contributed by atoms with Crippen LogP contribution in [0.2, 0.25) is 0 Å². The summed E-state index contributed by atoms with van der Waals surface area (Å²) >= 11 is 0. The Balaban J connectivity index is 1.42. The van der Waals surface area contributed by atoms with Crippen molar-refractivity contribution in [2.45, 2.75) is 13.0 Å². The van der Waals surface area contributed by atoms with Crippen LogP contribution < -0.4 is 9.64 Å². The van der Waals surface area contributed by atoms with Gasteiger partial charge in [0, 0.05) is 31.0 Å². The molecule has 1 saturated heterocycles. The summed E-state index contributed by atoms with van der Waals surface area (Å²) in [5, 5.41) is 0. The van der Waals surface area contributed by atoms with Crippen LogP contribution in [-0.4, -0.2) is 60.2 Å². The molecule has 3 heterocycles. The first-order valence-corrected chi connectivity index (χ1v) is 10.3. The highest BCUT2D eigenvalue weighted by Gasteiger charge is 2.33. The number of halogens is 1. The van der Waals surface area contributed by atoms with Crippen molar-refractivity contribution in [2.75, 3.05) is 32.1 Å². The lowest BCUT2D eigenvalue weighted by atomic mass is 10.2. The fourth-order valence-electron chi connectivity index (χ4n) is 3.54. The molecule has 2 aromatic heterocycles. The molecule has 1 atom stereocenters. The molecule has 3 aromatic rings. The summed E-state index contributed by atoms with van der Waals surface area (Å²) in [4.78, 5) is 36.4. The average Bonchev–Trinajstić information content (AvgIpc) is 3.18. The molecule has 1 aliphatic heterocycles. The predicted octanol–water partition coefficient (Wildman–Crippen LogP) is 3.58. The third-order valence-electron chi connectivity index (χ3n) is 5.40. The lowest BCUT2D eigenvalue weighted by Crippen LogP contribution is -2.35. The maximum atomic E-state index is 13.9. The molecule has 0 aliphatic carbocycles. The van der Waals surface area contributed by atoms with Gasteiger partial charge in [-0.1, -0.05) is 6.07 Å². The van der Waals surface area contributed by atoms with Crippen molar-refractivity contribution in [3.8, 4) is 5.88 Å². The molecule has 1 aliphatic rings. The smallest absolute Gasteiger partial charge is 0.414 e. The molecule has 1 aromatic carbocycles. The van der Waals surface area contributed by atoms with E-state index in [2.05, 4.69) is 9.97 Å². The number of nitrogens with zero attached hydrogens (tertiary/aromatic N) is 4. The van der Waals surface area contributed by atoms with Crippen LogP contribution in [0, 0.1) is 12.7 Å². The Labute approximate surface area is 190 Å². The Morgan fingerprint density at radius 2 is 2.15 bits per heavy atom. The number of fused-ring (bicyclic) bond motifs is 1. The van der Waals surface area contributed by atoms with Gasteiger partial charge < -0.3 is 14.4 Å². The number of hydrogen-bond acceptors (Lipinski definition) is 6. The van der Waals surface area contributed by atoms with Crippen LogP contribution in [-0.2, 0) is 9.53 Å². The number of cyclic esters (lactones) is 1. The molecule has 9 heteroatoms. The number of ether oxygens (including phenoxy) is 2. The fraction of sp³-hybridized carbons (Fsp3) is 0.250. The molecule has 0 N–H and O–H groups in total. The summed E-state index contributed by atoms with van der Waals surface area (Å²) < 4.78 is 24.4. The molecule has 0 bridgehead atoms. The zero-order valence-corrected chi connectivity index (χ0v) is 18.5. The van der Waals surface area contributed by atoms with Gasteiger partial charge in [-0.05, 0) is 42.8 Å². The van der Waals surface area contributed by atoms with E-state index in [0.29, 0.717) is 28.2 Å². The van der Waals surface area contributed by atoms with Crippen molar-refractivity contribution >= 4 is 34.8 Å². The van der Waals surface area contributed by atoms with Crippen LogP contribution in [0.5, 0.6) is 5.88 Å². The molecular weight excluding hydrogens is 427 g/mol. The molecular formula is C24H23FN4O4. The average molecular weight is 450 g/mol. The molecule has 170 valence electrons. The first kappa shape index (κ1) is 22.2. The minimum absolute atomic E-state index is 0.197. The maximum absolute atomic E-state index is 13.9. The number of likely N-dealkylation sites (N-methyl/N-ethyl adjacent to an activating group) is 1. The zero-order chi connectivity index (χ0) is 23.5. The Hall–Kier alpha value is -4.01. The third kappa shape index (κ3) is 4.77. The number of aromatic nitrogens is 2. The molecule has 0 unspecified atom stereocenters. The van der Waals surface area contributed by atoms with E-state index in [1.54, 1.807) is 56.6 Å². The number of anilines is 1. The molecule has 1 fully saturated rings. The normalized spacial score (nSPS) is 15.8. The Morgan fingerprint density at radius 1 is 1.33 bits per heavy atom. The van der Waals surface area contributed by atoms with Gasteiger partial charge in [-0.15, -0.1) is 0 Å². The summed E-state index contributed by atoms with van der Waals surface area (Å²) in [6.45, 7) is 2.07. The van der Waals surface area contributed by atoms with Gasteiger partial charge in [0.2, 0.25) is 11.8 Å². The van der Waals surface area contributed by atoms with E-state index in [9.17, 15) is 14.0 Å². The number of pyridine rings is 2. The van der Waals surface area contributed by atoms with Crippen LogP contribution in [0.3, 0.4) is 0 Å². The van der Waals surface area contributed by atoms with Crippen molar-refractivity contribution in [2.24, 2.45) is 0 Å². The van der Waals surface area contributed by atoms with Crippen molar-refractivity contribution in [1.29, 1.82) is 0 Å². The van der Waals surface area contributed by atoms with Gasteiger partial charge in [-0.3, -0.25) is 14.7 Å². The molecule has 0 saturated carbocycles.